The van der Waals surface area contributed by atoms with Crippen molar-refractivity contribution in [3.05, 3.63) is 134 Å². The van der Waals surface area contributed by atoms with Gasteiger partial charge in [-0.25, -0.2) is 18.6 Å². The van der Waals surface area contributed by atoms with Crippen LogP contribution in [0.2, 0.25) is 5.02 Å². The molecule has 2 unspecified atom stereocenters. The maximum Gasteiger partial charge on any atom is 0.417 e. The number of para-hydroxylation sites is 1. The van der Waals surface area contributed by atoms with E-state index < -0.39 is 46.1 Å². The van der Waals surface area contributed by atoms with Gasteiger partial charge in [-0.15, -0.1) is 0 Å². The molecule has 0 radical (unpaired) electrons. The molecule has 2 aromatic heterocycles. The number of rotatable bonds is 7. The molecule has 2 N–H and O–H groups in total. The van der Waals surface area contributed by atoms with Crippen molar-refractivity contribution in [2.24, 2.45) is 0 Å². The number of amides is 2. The van der Waals surface area contributed by atoms with E-state index in [1.807, 2.05) is 13.0 Å². The van der Waals surface area contributed by atoms with E-state index in [1.165, 1.54) is 33.5 Å². The van der Waals surface area contributed by atoms with Crippen LogP contribution in [0, 0.1) is 5.82 Å². The third kappa shape index (κ3) is 6.58. The molecule has 2 atom stereocenters. The van der Waals surface area contributed by atoms with Crippen molar-refractivity contribution in [3.63, 3.8) is 0 Å². The summed E-state index contributed by atoms with van der Waals surface area (Å²) in [5, 5.41) is 9.41. The van der Waals surface area contributed by atoms with Crippen LogP contribution in [0.3, 0.4) is 0 Å². The number of nitrogens with zero attached hydrogens (tertiary/aromatic N) is 5. The highest BCUT2D eigenvalue weighted by Gasteiger charge is 2.36. The van der Waals surface area contributed by atoms with Gasteiger partial charge < -0.3 is 15.5 Å². The van der Waals surface area contributed by atoms with Crippen molar-refractivity contribution in [2.75, 3.05) is 12.4 Å². The molecule has 6 rings (SSSR count). The number of hydrogen-bond donors (Lipinski definition) is 2. The molecule has 0 bridgehead atoms. The van der Waals surface area contributed by atoms with Crippen LogP contribution in [0.5, 0.6) is 0 Å². The predicted molar refractivity (Wildman–Crippen MR) is 178 cm³/mol. The second-order valence-electron chi connectivity index (χ2n) is 11.8. The second-order valence-corrected chi connectivity index (χ2v) is 12.2. The third-order valence-electron chi connectivity index (χ3n) is 8.56. The Balaban J connectivity index is 1.43. The van der Waals surface area contributed by atoms with E-state index in [2.05, 4.69) is 15.7 Å². The topological polar surface area (TPSA) is 114 Å². The summed E-state index contributed by atoms with van der Waals surface area (Å²) in [7, 11) is 1.50. The van der Waals surface area contributed by atoms with Gasteiger partial charge in [0.25, 0.3) is 17.4 Å². The lowest BCUT2D eigenvalue weighted by atomic mass is 9.98. The first-order valence-electron chi connectivity index (χ1n) is 15.5. The van der Waals surface area contributed by atoms with Gasteiger partial charge in [0, 0.05) is 29.8 Å². The molecule has 0 aliphatic carbocycles. The van der Waals surface area contributed by atoms with Crippen molar-refractivity contribution in [3.8, 4) is 11.4 Å². The molecule has 1 aliphatic heterocycles. The van der Waals surface area contributed by atoms with Crippen LogP contribution in [0.4, 0.5) is 23.5 Å². The zero-order valence-corrected chi connectivity index (χ0v) is 27.7. The molecule has 0 saturated heterocycles. The van der Waals surface area contributed by atoms with E-state index in [0.29, 0.717) is 28.1 Å². The number of hydrogen-bond acceptors (Lipinski definition) is 6. The highest BCUT2D eigenvalue weighted by molar-refractivity contribution is 6.31. The van der Waals surface area contributed by atoms with Gasteiger partial charge >= 0.3 is 6.18 Å². The second kappa shape index (κ2) is 13.4. The highest BCUT2D eigenvalue weighted by Crippen LogP contribution is 2.36. The van der Waals surface area contributed by atoms with Crippen LogP contribution < -0.4 is 16.2 Å². The minimum Gasteiger partial charge on any atom is -0.355 e. The van der Waals surface area contributed by atoms with Gasteiger partial charge in [0.1, 0.15) is 0 Å². The van der Waals surface area contributed by atoms with Crippen LogP contribution in [0.15, 0.2) is 83.9 Å². The molecule has 2 amide bonds. The Morgan fingerprint density at radius 3 is 2.40 bits per heavy atom. The Morgan fingerprint density at radius 1 is 1.04 bits per heavy atom. The minimum absolute atomic E-state index is 0.0759. The van der Waals surface area contributed by atoms with Gasteiger partial charge in [0.05, 0.1) is 52.6 Å². The maximum absolute atomic E-state index is 14.3. The van der Waals surface area contributed by atoms with Crippen LogP contribution in [-0.2, 0) is 19.1 Å². The number of carbonyl (C=O) groups excluding carboxylic acids is 2. The largest absolute Gasteiger partial charge is 0.417 e. The molecule has 15 heteroatoms. The molecule has 10 nitrogen and oxygen atoms in total. The van der Waals surface area contributed by atoms with Gasteiger partial charge in [0.2, 0.25) is 5.95 Å². The van der Waals surface area contributed by atoms with E-state index in [0.717, 1.165) is 18.3 Å². The Bertz CT molecular complexity index is 2170. The molecule has 0 fully saturated rings. The summed E-state index contributed by atoms with van der Waals surface area (Å²) in [5.74, 6) is -1.41. The van der Waals surface area contributed by atoms with E-state index in [4.69, 9.17) is 16.6 Å². The van der Waals surface area contributed by atoms with E-state index in [9.17, 15) is 31.9 Å². The summed E-state index contributed by atoms with van der Waals surface area (Å²) in [6.07, 6.45) is -2.37. The average molecular weight is 708 g/mol. The number of carbonyl (C=O) groups is 2. The molecular weight excluding hydrogens is 678 g/mol. The first-order chi connectivity index (χ1) is 23.8. The SMILES string of the molecule is CNC(=O)c1ccc(-n2c(NC(C)c3ccccc3-n3cc(F)cn3)nc3c(c2=O)CC(C)N(C(=O)c2ccc(Cl)c(C(F)(F)F)c2)C3)cc1. The number of benzene rings is 3. The van der Waals surface area contributed by atoms with E-state index in [-0.39, 0.29) is 36.1 Å². The van der Waals surface area contributed by atoms with Gasteiger partial charge in [-0.3, -0.25) is 14.4 Å². The summed E-state index contributed by atoms with van der Waals surface area (Å²) >= 11 is 5.79. The Kier molecular flexibility index (Phi) is 9.23. The normalized spacial score (nSPS) is 15.0. The minimum atomic E-state index is -4.76. The Morgan fingerprint density at radius 2 is 1.74 bits per heavy atom. The van der Waals surface area contributed by atoms with Crippen molar-refractivity contribution >= 4 is 29.4 Å². The Labute approximate surface area is 288 Å². The van der Waals surface area contributed by atoms with Crippen LogP contribution in [0.25, 0.3) is 11.4 Å². The van der Waals surface area contributed by atoms with Gasteiger partial charge in [-0.1, -0.05) is 29.8 Å². The molecule has 3 heterocycles. The van der Waals surface area contributed by atoms with Crippen LogP contribution in [0.1, 0.15) is 63.0 Å². The molecule has 0 spiro atoms. The molecule has 5 aromatic rings. The lowest BCUT2D eigenvalue weighted by Crippen LogP contribution is -2.46. The molecule has 50 heavy (non-hydrogen) atoms. The van der Waals surface area contributed by atoms with Crippen LogP contribution >= 0.6 is 11.6 Å². The average Bonchev–Trinajstić information content (AvgIpc) is 3.53. The summed E-state index contributed by atoms with van der Waals surface area (Å²) in [5.41, 5.74) is 0.875. The van der Waals surface area contributed by atoms with E-state index >= 15 is 0 Å². The van der Waals surface area contributed by atoms with Gasteiger partial charge in [-0.2, -0.15) is 18.3 Å². The summed E-state index contributed by atoms with van der Waals surface area (Å²) in [4.78, 5) is 46.4. The summed E-state index contributed by atoms with van der Waals surface area (Å²) in [6, 6.07) is 15.4. The standard InChI is InChI=1S/C35H30ClF4N7O3/c1-19-14-26-29(18-45(19)32(49)22-10-13-28(36)27(15-22)35(38,39)40)44-34(47(33(26)50)24-11-8-21(9-12-24)31(48)41-3)43-20(2)25-6-4-5-7-30(25)46-17-23(37)16-42-46/h4-13,15-17,19-20H,14,18H2,1-3H3,(H,41,48)(H,43,44). The first kappa shape index (κ1) is 34.4. The summed E-state index contributed by atoms with van der Waals surface area (Å²) < 4.78 is 57.5. The van der Waals surface area contributed by atoms with Crippen molar-refractivity contribution in [1.82, 2.24) is 29.5 Å². The van der Waals surface area contributed by atoms with Crippen molar-refractivity contribution < 1.29 is 27.2 Å². The lowest BCUT2D eigenvalue weighted by molar-refractivity contribution is -0.137. The number of nitrogens with one attached hydrogen (secondary N) is 2. The number of aromatic nitrogens is 4. The lowest BCUT2D eigenvalue weighted by Gasteiger charge is -2.35. The summed E-state index contributed by atoms with van der Waals surface area (Å²) in [6.45, 7) is 3.36. The fourth-order valence-electron chi connectivity index (χ4n) is 5.98. The fraction of sp³-hybridized carbons (Fsp3) is 0.229. The zero-order chi connectivity index (χ0) is 35.9. The zero-order valence-electron chi connectivity index (χ0n) is 26.9. The molecule has 258 valence electrons. The fourth-order valence-corrected chi connectivity index (χ4v) is 6.21. The first-order valence-corrected chi connectivity index (χ1v) is 15.9. The van der Waals surface area contributed by atoms with Crippen LogP contribution in [-0.4, -0.2) is 49.1 Å². The number of alkyl halides is 3. The number of halogens is 5. The smallest absolute Gasteiger partial charge is 0.355 e. The predicted octanol–water partition coefficient (Wildman–Crippen LogP) is 6.35. The maximum atomic E-state index is 14.3. The van der Waals surface area contributed by atoms with Gasteiger partial charge in [-0.05, 0) is 74.4 Å². The monoisotopic (exact) mass is 707 g/mol. The van der Waals surface area contributed by atoms with Gasteiger partial charge in [0.15, 0.2) is 5.82 Å². The highest BCUT2D eigenvalue weighted by atomic mass is 35.5. The number of fused-ring (bicyclic) bond motifs is 1. The molecule has 3 aromatic carbocycles. The quantitative estimate of drug-likeness (QED) is 0.191. The third-order valence-corrected chi connectivity index (χ3v) is 8.88. The number of anilines is 1. The van der Waals surface area contributed by atoms with E-state index in [1.54, 1.807) is 49.4 Å². The Hall–Kier alpha value is -5.50. The molecule has 1 aliphatic rings. The van der Waals surface area contributed by atoms with Crippen molar-refractivity contribution in [1.29, 1.82) is 0 Å². The van der Waals surface area contributed by atoms with Crippen molar-refractivity contribution in [2.45, 2.75) is 45.1 Å². The molecule has 0 saturated carbocycles. The molecular formula is C35H30ClF4N7O3.